The van der Waals surface area contributed by atoms with E-state index in [4.69, 9.17) is 0 Å². The molecule has 0 N–H and O–H groups in total. The fourth-order valence-electron chi connectivity index (χ4n) is 5.12. The molecule has 6 aromatic rings. The van der Waals surface area contributed by atoms with Crippen molar-refractivity contribution < 1.29 is 9.59 Å². The summed E-state index contributed by atoms with van der Waals surface area (Å²) in [5, 5.41) is 8.50. The van der Waals surface area contributed by atoms with Gasteiger partial charge in [-0.25, -0.2) is 9.88 Å². The minimum atomic E-state index is -0.336. The van der Waals surface area contributed by atoms with Crippen LogP contribution < -0.4 is 4.90 Å². The van der Waals surface area contributed by atoms with E-state index in [0.29, 0.717) is 16.9 Å². The summed E-state index contributed by atoms with van der Waals surface area (Å²) in [6.45, 7) is 0. The number of carbonyl (C=O) groups is 2. The van der Waals surface area contributed by atoms with Crippen LogP contribution in [0.25, 0.3) is 43.1 Å². The van der Waals surface area contributed by atoms with Crippen molar-refractivity contribution in [2.24, 2.45) is 0 Å². The lowest BCUT2D eigenvalue weighted by Gasteiger charge is -2.27. The monoisotopic (exact) mass is 398 g/mol. The molecule has 144 valence electrons. The molecule has 7 rings (SSSR count). The van der Waals surface area contributed by atoms with Crippen molar-refractivity contribution in [2.75, 3.05) is 4.90 Å². The van der Waals surface area contributed by atoms with E-state index >= 15 is 0 Å². The van der Waals surface area contributed by atoms with Crippen molar-refractivity contribution >= 4 is 60.7 Å². The number of anilines is 1. The van der Waals surface area contributed by atoms with Crippen LogP contribution in [0.5, 0.6) is 0 Å². The molecular weight excluding hydrogens is 384 g/mol. The standard InChI is InChI=1S/C27H14N2O2/c30-26-20-12-10-18-16-7-3-5-15-6-4-8-17(23(15)16)19-11-13-21(25(20)24(18)19)27(31)29(26)22-9-1-2-14-28-22/h1-14H. The molecule has 2 heterocycles. The fraction of sp³-hybridized carbons (Fsp3) is 0. The van der Waals surface area contributed by atoms with Gasteiger partial charge in [0.15, 0.2) is 0 Å². The Morgan fingerprint density at radius 2 is 1.16 bits per heavy atom. The topological polar surface area (TPSA) is 50.3 Å². The number of amides is 2. The molecule has 31 heavy (non-hydrogen) atoms. The molecular formula is C27H14N2O2. The molecule has 0 aliphatic carbocycles. The molecule has 0 saturated carbocycles. The van der Waals surface area contributed by atoms with Gasteiger partial charge in [0.25, 0.3) is 11.8 Å². The number of fused-ring (bicyclic) bond motifs is 2. The molecule has 4 heteroatoms. The van der Waals surface area contributed by atoms with E-state index in [1.807, 2.05) is 24.3 Å². The van der Waals surface area contributed by atoms with Gasteiger partial charge in [-0.05, 0) is 62.0 Å². The fourth-order valence-corrected chi connectivity index (χ4v) is 5.12. The minimum absolute atomic E-state index is 0.336. The van der Waals surface area contributed by atoms with Gasteiger partial charge in [-0.2, -0.15) is 0 Å². The van der Waals surface area contributed by atoms with Crippen molar-refractivity contribution in [2.45, 2.75) is 0 Å². The third-order valence-corrected chi connectivity index (χ3v) is 6.39. The van der Waals surface area contributed by atoms with E-state index in [2.05, 4.69) is 41.4 Å². The molecule has 0 spiro atoms. The second kappa shape index (κ2) is 5.64. The lowest BCUT2D eigenvalue weighted by molar-refractivity contribution is 0.0892. The van der Waals surface area contributed by atoms with E-state index in [0.717, 1.165) is 32.3 Å². The first-order valence-electron chi connectivity index (χ1n) is 10.2. The highest BCUT2D eigenvalue weighted by molar-refractivity contribution is 6.42. The van der Waals surface area contributed by atoms with Crippen molar-refractivity contribution in [3.05, 3.63) is 96.2 Å². The van der Waals surface area contributed by atoms with Crippen LogP contribution in [0.4, 0.5) is 5.82 Å². The Kier molecular flexibility index (Phi) is 3.00. The Bertz CT molecular complexity index is 1620. The van der Waals surface area contributed by atoms with Gasteiger partial charge in [-0.1, -0.05) is 54.6 Å². The Morgan fingerprint density at radius 3 is 1.74 bits per heavy atom. The average molecular weight is 398 g/mol. The summed E-state index contributed by atoms with van der Waals surface area (Å²) >= 11 is 0. The first-order chi connectivity index (χ1) is 15.2. The predicted octanol–water partition coefficient (Wildman–Crippen LogP) is 5.93. The second-order valence-electron chi connectivity index (χ2n) is 7.91. The van der Waals surface area contributed by atoms with E-state index in [-0.39, 0.29) is 11.8 Å². The lowest BCUT2D eigenvalue weighted by Crippen LogP contribution is -2.41. The molecule has 1 aliphatic heterocycles. The summed E-state index contributed by atoms with van der Waals surface area (Å²) in [4.78, 5) is 32.3. The molecule has 1 aromatic heterocycles. The molecule has 0 fully saturated rings. The van der Waals surface area contributed by atoms with E-state index in [1.54, 1.807) is 24.4 Å². The third-order valence-electron chi connectivity index (χ3n) is 6.39. The summed E-state index contributed by atoms with van der Waals surface area (Å²) in [5.74, 6) is -0.333. The van der Waals surface area contributed by atoms with Gasteiger partial charge in [-0.15, -0.1) is 0 Å². The number of pyridine rings is 1. The zero-order valence-electron chi connectivity index (χ0n) is 16.3. The second-order valence-corrected chi connectivity index (χ2v) is 7.91. The van der Waals surface area contributed by atoms with E-state index < -0.39 is 0 Å². The zero-order chi connectivity index (χ0) is 20.7. The average Bonchev–Trinajstić information content (AvgIpc) is 2.82. The first-order valence-corrected chi connectivity index (χ1v) is 10.2. The van der Waals surface area contributed by atoms with Crippen molar-refractivity contribution in [3.63, 3.8) is 0 Å². The Labute approximate surface area is 176 Å². The van der Waals surface area contributed by atoms with Gasteiger partial charge in [0.2, 0.25) is 0 Å². The number of nitrogens with zero attached hydrogens (tertiary/aromatic N) is 2. The van der Waals surface area contributed by atoms with Gasteiger partial charge in [0.05, 0.1) is 0 Å². The SMILES string of the molecule is O=C1c2ccc3c4cccc5cccc(c6ccc(c2c36)C(=O)N1c1ccccn1)c54. The van der Waals surface area contributed by atoms with Crippen LogP contribution in [-0.4, -0.2) is 16.8 Å². The maximum atomic E-state index is 13.4. The number of benzene rings is 5. The number of aromatic nitrogens is 1. The molecule has 0 atom stereocenters. The Morgan fingerprint density at radius 1 is 0.548 bits per heavy atom. The number of carbonyl (C=O) groups excluding carboxylic acids is 2. The van der Waals surface area contributed by atoms with Crippen molar-refractivity contribution in [3.8, 4) is 0 Å². The molecule has 0 radical (unpaired) electrons. The van der Waals surface area contributed by atoms with Gasteiger partial charge < -0.3 is 0 Å². The predicted molar refractivity (Wildman–Crippen MR) is 123 cm³/mol. The quantitative estimate of drug-likeness (QED) is 0.196. The van der Waals surface area contributed by atoms with Crippen molar-refractivity contribution in [1.82, 2.24) is 4.98 Å². The smallest absolute Gasteiger partial charge is 0.267 e. The van der Waals surface area contributed by atoms with Crippen LogP contribution in [0.3, 0.4) is 0 Å². The third kappa shape index (κ3) is 1.96. The minimum Gasteiger partial charge on any atom is -0.268 e. The summed E-state index contributed by atoms with van der Waals surface area (Å²) in [6.07, 6.45) is 1.59. The lowest BCUT2D eigenvalue weighted by atomic mass is 9.85. The number of imide groups is 1. The van der Waals surface area contributed by atoms with Crippen molar-refractivity contribution in [1.29, 1.82) is 0 Å². The van der Waals surface area contributed by atoms with E-state index in [9.17, 15) is 9.59 Å². The highest BCUT2D eigenvalue weighted by Gasteiger charge is 2.35. The van der Waals surface area contributed by atoms with Crippen LogP contribution in [0.2, 0.25) is 0 Å². The Hall–Kier alpha value is -4.31. The summed E-state index contributed by atoms with van der Waals surface area (Å²) < 4.78 is 0. The largest absolute Gasteiger partial charge is 0.268 e. The van der Waals surface area contributed by atoms with Gasteiger partial charge in [0.1, 0.15) is 5.82 Å². The highest BCUT2D eigenvalue weighted by Crippen LogP contribution is 2.43. The van der Waals surface area contributed by atoms with E-state index in [1.165, 1.54) is 15.7 Å². The zero-order valence-corrected chi connectivity index (χ0v) is 16.3. The summed E-state index contributed by atoms with van der Waals surface area (Å²) in [6, 6.07) is 25.5. The molecule has 1 aliphatic rings. The summed E-state index contributed by atoms with van der Waals surface area (Å²) in [7, 11) is 0. The highest BCUT2D eigenvalue weighted by atomic mass is 16.2. The summed E-state index contributed by atoms with van der Waals surface area (Å²) in [5.41, 5.74) is 1.07. The normalized spacial score (nSPS) is 13.9. The van der Waals surface area contributed by atoms with Gasteiger partial charge in [0, 0.05) is 22.7 Å². The molecule has 2 amide bonds. The molecule has 0 unspecified atom stereocenters. The molecule has 4 nitrogen and oxygen atoms in total. The van der Waals surface area contributed by atoms with Crippen LogP contribution in [0.1, 0.15) is 20.7 Å². The van der Waals surface area contributed by atoms with Gasteiger partial charge >= 0.3 is 0 Å². The molecule has 5 aromatic carbocycles. The maximum absolute atomic E-state index is 13.4. The van der Waals surface area contributed by atoms with Crippen LogP contribution >= 0.6 is 0 Å². The van der Waals surface area contributed by atoms with Crippen LogP contribution in [0, 0.1) is 0 Å². The number of hydrogen-bond donors (Lipinski definition) is 0. The van der Waals surface area contributed by atoms with Gasteiger partial charge in [-0.3, -0.25) is 9.59 Å². The number of hydrogen-bond acceptors (Lipinski definition) is 3. The maximum Gasteiger partial charge on any atom is 0.267 e. The molecule has 0 bridgehead atoms. The molecule has 0 saturated heterocycles. The number of rotatable bonds is 1. The van der Waals surface area contributed by atoms with Crippen LogP contribution in [0.15, 0.2) is 85.1 Å². The first kappa shape index (κ1) is 16.5. The van der Waals surface area contributed by atoms with Crippen LogP contribution in [-0.2, 0) is 0 Å². The Balaban J connectivity index is 1.66.